The Bertz CT molecular complexity index is 1950. The molecular weight excluding hydrogens is 658 g/mol. The highest BCUT2D eigenvalue weighted by Crippen LogP contribution is 2.56. The molecule has 16 nitrogen and oxygen atoms in total. The Morgan fingerprint density at radius 1 is 1.04 bits per heavy atom. The van der Waals surface area contributed by atoms with E-state index in [2.05, 4.69) is 25.8 Å². The fourth-order valence-electron chi connectivity index (χ4n) is 6.99. The zero-order valence-electron chi connectivity index (χ0n) is 26.2. The van der Waals surface area contributed by atoms with Gasteiger partial charge in [-0.15, -0.1) is 12.4 Å². The number of carbonyl (C=O) groups is 3. The van der Waals surface area contributed by atoms with Gasteiger partial charge < -0.3 is 31.5 Å². The number of ether oxygens (including phenoxy) is 1. The summed E-state index contributed by atoms with van der Waals surface area (Å²) in [6, 6.07) is 6.84. The van der Waals surface area contributed by atoms with Crippen molar-refractivity contribution in [3.63, 3.8) is 0 Å². The van der Waals surface area contributed by atoms with Crippen molar-refractivity contribution in [1.29, 1.82) is 0 Å². The maximum Gasteiger partial charge on any atom is 0.354 e. The number of aromatic nitrogens is 5. The van der Waals surface area contributed by atoms with Crippen LogP contribution in [0.25, 0.3) is 5.78 Å². The summed E-state index contributed by atoms with van der Waals surface area (Å²) in [5, 5.41) is 22.6. The third-order valence-corrected chi connectivity index (χ3v) is 10.1. The molecule has 3 saturated carbocycles. The number of nitrogens with two attached hydrogens (primary N) is 2. The zero-order valence-corrected chi connectivity index (χ0v) is 27.0. The molecule has 2 aromatic heterocycles. The van der Waals surface area contributed by atoms with Crippen LogP contribution >= 0.6 is 12.4 Å². The molecule has 3 aliphatic carbocycles. The number of nitrogen functional groups attached to an aromatic ring is 1. The number of carboxylic acid groups (broad SMARTS) is 1. The van der Waals surface area contributed by atoms with Crippen LogP contribution in [0.2, 0.25) is 0 Å². The van der Waals surface area contributed by atoms with Crippen LogP contribution in [-0.2, 0) is 29.0 Å². The van der Waals surface area contributed by atoms with Gasteiger partial charge in [-0.25, -0.2) is 9.78 Å². The number of hydrogen-bond acceptors (Lipinski definition) is 13. The lowest BCUT2D eigenvalue weighted by Gasteiger charge is -2.51. The quantitative estimate of drug-likeness (QED) is 0.158. The highest BCUT2D eigenvalue weighted by atomic mass is 35.5. The number of benzene rings is 1. The van der Waals surface area contributed by atoms with Crippen LogP contribution in [-0.4, -0.2) is 68.2 Å². The molecule has 8 rings (SSSR count). The summed E-state index contributed by atoms with van der Waals surface area (Å²) in [5.41, 5.74) is 13.2. The van der Waals surface area contributed by atoms with E-state index < -0.39 is 22.7 Å². The van der Waals surface area contributed by atoms with Crippen molar-refractivity contribution >= 4 is 47.4 Å². The van der Waals surface area contributed by atoms with E-state index in [0.29, 0.717) is 24.9 Å². The summed E-state index contributed by atoms with van der Waals surface area (Å²) in [5.74, 6) is -1.99. The van der Waals surface area contributed by atoms with Gasteiger partial charge in [0.2, 0.25) is 0 Å². The summed E-state index contributed by atoms with van der Waals surface area (Å²) in [6.45, 7) is 1.95. The van der Waals surface area contributed by atoms with Gasteiger partial charge in [-0.3, -0.25) is 19.2 Å². The van der Waals surface area contributed by atoms with E-state index in [-0.39, 0.29) is 66.3 Å². The number of amides is 1. The number of rotatable bonds is 7. The van der Waals surface area contributed by atoms with Crippen LogP contribution in [0, 0.1) is 10.8 Å². The molecule has 3 heterocycles. The van der Waals surface area contributed by atoms with Crippen molar-refractivity contribution in [3.05, 3.63) is 72.8 Å². The third-order valence-electron chi connectivity index (χ3n) is 10.1. The number of tetrazole rings is 1. The summed E-state index contributed by atoms with van der Waals surface area (Å²) >= 11 is 0. The van der Waals surface area contributed by atoms with Gasteiger partial charge in [-0.05, 0) is 84.0 Å². The molecule has 262 valence electrons. The molecule has 0 radical (unpaired) electrons. The molecule has 6 N–H and O–H groups in total. The number of halogens is 1. The maximum absolute atomic E-state index is 12.6. The Morgan fingerprint density at radius 2 is 1.73 bits per heavy atom. The summed E-state index contributed by atoms with van der Waals surface area (Å²) < 4.78 is 5.83. The number of carboxylic acids is 1. The topological polar surface area (TPSA) is 238 Å². The van der Waals surface area contributed by atoms with Gasteiger partial charge in [0, 0.05) is 25.7 Å². The normalized spacial score (nSPS) is 20.7. The molecule has 49 heavy (non-hydrogen) atoms. The van der Waals surface area contributed by atoms with Crippen molar-refractivity contribution in [3.8, 4) is 0 Å². The predicted octanol–water partition coefficient (Wildman–Crippen LogP) is 1.41. The van der Waals surface area contributed by atoms with Gasteiger partial charge >= 0.3 is 11.9 Å². The van der Waals surface area contributed by atoms with Crippen molar-refractivity contribution in [2.45, 2.75) is 65.5 Å². The number of esters is 1. The second-order valence-corrected chi connectivity index (χ2v) is 12.6. The van der Waals surface area contributed by atoms with Gasteiger partial charge in [0.1, 0.15) is 17.1 Å². The number of nitrogens with zero attached hydrogens (tertiary/aromatic N) is 6. The van der Waals surface area contributed by atoms with Crippen molar-refractivity contribution in [2.75, 3.05) is 30.8 Å². The fraction of sp³-hybridized carbons (Fsp3) is 0.469. The molecule has 0 spiro atoms. The fourth-order valence-corrected chi connectivity index (χ4v) is 6.99. The van der Waals surface area contributed by atoms with Crippen LogP contribution in [0.3, 0.4) is 0 Å². The molecule has 4 aromatic rings. The van der Waals surface area contributed by atoms with Crippen LogP contribution in [0.15, 0.2) is 33.9 Å². The van der Waals surface area contributed by atoms with Crippen molar-refractivity contribution in [2.24, 2.45) is 16.6 Å². The highest BCUT2D eigenvalue weighted by Gasteiger charge is 2.52. The van der Waals surface area contributed by atoms with E-state index in [0.717, 1.165) is 72.3 Å². The molecule has 4 aliphatic rings. The maximum atomic E-state index is 12.6. The molecule has 3 fully saturated rings. The minimum absolute atomic E-state index is 0. The van der Waals surface area contributed by atoms with E-state index in [1.54, 1.807) is 4.90 Å². The molecule has 1 aliphatic heterocycles. The first-order valence-corrected chi connectivity index (χ1v) is 15.3. The molecule has 0 saturated heterocycles. The molecular formula is C32H40ClN9O7. The Labute approximate surface area is 287 Å². The van der Waals surface area contributed by atoms with Gasteiger partial charge in [0.05, 0.1) is 12.5 Å². The smallest absolute Gasteiger partial charge is 0.354 e. The number of methoxy groups -OCH3 is 1. The average molecular weight is 698 g/mol. The predicted molar refractivity (Wildman–Crippen MR) is 181 cm³/mol. The van der Waals surface area contributed by atoms with Gasteiger partial charge in [-0.2, -0.15) is 4.52 Å². The van der Waals surface area contributed by atoms with E-state index in [4.69, 9.17) is 16.2 Å². The monoisotopic (exact) mass is 697 g/mol. The first kappa shape index (κ1) is 36.9. The lowest BCUT2D eigenvalue weighted by Crippen LogP contribution is -2.49. The Balaban J connectivity index is 0.000000285. The van der Waals surface area contributed by atoms with Crippen LogP contribution in [0.1, 0.15) is 83.6 Å². The number of fused-ring (bicyclic) bond motifs is 5. The first-order chi connectivity index (χ1) is 22.5. The molecule has 2 bridgehead atoms. The SMILES string of the molecule is C.COC(=O)C12CCC(CN)(CC1)CC2.Cl.Nc1c(N2CCc3ccc(CNC(=O)c4cc(C(=O)O)n5nnnc5n4)cc3C2)c(=O)c1=O. The number of nitrogens with one attached hydrogen (secondary N) is 1. The molecule has 0 unspecified atom stereocenters. The van der Waals surface area contributed by atoms with E-state index in [1.807, 2.05) is 18.2 Å². The Hall–Kier alpha value is -4.96. The third kappa shape index (κ3) is 6.70. The van der Waals surface area contributed by atoms with Crippen molar-refractivity contribution in [1.82, 2.24) is 30.3 Å². The van der Waals surface area contributed by atoms with E-state index in [1.165, 1.54) is 7.11 Å². The van der Waals surface area contributed by atoms with Crippen LogP contribution in [0.4, 0.5) is 11.4 Å². The zero-order chi connectivity index (χ0) is 33.5. The Kier molecular flexibility index (Phi) is 10.7. The molecule has 17 heteroatoms. The summed E-state index contributed by atoms with van der Waals surface area (Å²) in [7, 11) is 1.50. The van der Waals surface area contributed by atoms with Gasteiger partial charge in [0.25, 0.3) is 22.5 Å². The highest BCUT2D eigenvalue weighted by molar-refractivity contribution is 5.95. The number of carbonyl (C=O) groups excluding carboxylic acids is 2. The standard InChI is InChI=1S/C20H16N8O5.C11H19NO2.CH4.ClH/c21-14-15(17(30)16(14)29)27-4-3-10-2-1-9(5-11(10)8-27)7-22-18(31)12-6-13(19(32)33)28-20(23-12)24-25-26-28;1-14-9(13)11-5-2-10(8-12,3-6-11)4-7-11;;/h1-2,5-6H,3-4,7-8,21H2,(H,22,31)(H,32,33);2-8,12H2,1H3;1H4;1H. The Morgan fingerprint density at radius 3 is 2.35 bits per heavy atom. The summed E-state index contributed by atoms with van der Waals surface area (Å²) in [6.07, 6.45) is 6.97. The minimum atomic E-state index is -1.30. The first-order valence-electron chi connectivity index (χ1n) is 15.3. The molecule has 0 atom stereocenters. The lowest BCUT2D eigenvalue weighted by atomic mass is 9.54. The summed E-state index contributed by atoms with van der Waals surface area (Å²) in [4.78, 5) is 64.8. The van der Waals surface area contributed by atoms with E-state index in [9.17, 15) is 29.1 Å². The minimum Gasteiger partial charge on any atom is -0.477 e. The van der Waals surface area contributed by atoms with E-state index >= 15 is 0 Å². The second-order valence-electron chi connectivity index (χ2n) is 12.6. The lowest BCUT2D eigenvalue weighted by molar-refractivity contribution is -0.162. The molecule has 2 aromatic carbocycles. The van der Waals surface area contributed by atoms with Crippen molar-refractivity contribution < 1.29 is 24.2 Å². The number of aromatic carboxylic acids is 1. The largest absolute Gasteiger partial charge is 0.477 e. The van der Waals surface area contributed by atoms with Gasteiger partial charge in [-0.1, -0.05) is 30.7 Å². The number of hydrogen-bond donors (Lipinski definition) is 4. The molecule has 1 amide bonds. The average Bonchev–Trinajstić information content (AvgIpc) is 3.59. The second kappa shape index (κ2) is 14.3. The van der Waals surface area contributed by atoms with Gasteiger partial charge in [0.15, 0.2) is 5.69 Å². The number of anilines is 2. The van der Waals surface area contributed by atoms with Crippen LogP contribution in [0.5, 0.6) is 0 Å². The van der Waals surface area contributed by atoms with Crippen LogP contribution < -0.4 is 32.5 Å².